The average Bonchev–Trinajstić information content (AvgIpc) is 2.56. The molecule has 0 bridgehead atoms. The van der Waals surface area contributed by atoms with Gasteiger partial charge in [-0.15, -0.1) is 0 Å². The number of aromatic nitrogens is 3. The number of carbonyl (C=O) groups is 1. The van der Waals surface area contributed by atoms with Gasteiger partial charge in [0.1, 0.15) is 11.3 Å². The topological polar surface area (TPSA) is 83.0 Å². The Hall–Kier alpha value is -2.28. The van der Waals surface area contributed by atoms with E-state index in [4.69, 9.17) is 0 Å². The molecule has 2 aromatic heterocycles. The Bertz CT molecular complexity index is 653. The molecule has 0 unspecified atom stereocenters. The van der Waals surface area contributed by atoms with Gasteiger partial charge in [-0.2, -0.15) is 0 Å². The highest BCUT2D eigenvalue weighted by Crippen LogP contribution is 2.16. The van der Waals surface area contributed by atoms with Crippen LogP contribution in [-0.2, 0) is 4.79 Å². The van der Waals surface area contributed by atoms with Crippen molar-refractivity contribution in [1.29, 1.82) is 0 Å². The zero-order chi connectivity index (χ0) is 15.4. The summed E-state index contributed by atoms with van der Waals surface area (Å²) in [6, 6.07) is 4.24. The Morgan fingerprint density at radius 1 is 1.27 bits per heavy atom. The number of nitrogens with one attached hydrogen (secondary N) is 2. The van der Waals surface area contributed by atoms with E-state index in [0.29, 0.717) is 18.2 Å². The van der Waals surface area contributed by atoms with Gasteiger partial charge in [0.05, 0.1) is 6.54 Å². The number of pyridine rings is 1. The molecule has 116 valence electrons. The van der Waals surface area contributed by atoms with E-state index < -0.39 is 0 Å². The Morgan fingerprint density at radius 2 is 2.05 bits per heavy atom. The van der Waals surface area contributed by atoms with Gasteiger partial charge in [-0.3, -0.25) is 14.7 Å². The van der Waals surface area contributed by atoms with Crippen LogP contribution < -0.4 is 10.6 Å². The lowest BCUT2D eigenvalue weighted by molar-refractivity contribution is -0.122. The second-order valence-electron chi connectivity index (χ2n) is 5.46. The molecule has 0 radical (unpaired) electrons. The normalized spacial score (nSPS) is 16.6. The second kappa shape index (κ2) is 6.65. The number of fused-ring (bicyclic) bond motifs is 1. The molecule has 1 amide bonds. The Morgan fingerprint density at radius 3 is 2.82 bits per heavy atom. The molecule has 0 aliphatic carbocycles. The van der Waals surface area contributed by atoms with E-state index in [-0.39, 0.29) is 5.91 Å². The molecular formula is C15H20N6O. The quantitative estimate of drug-likeness (QED) is 0.862. The summed E-state index contributed by atoms with van der Waals surface area (Å²) in [4.78, 5) is 26.5. The fourth-order valence-corrected chi connectivity index (χ4v) is 2.66. The molecule has 3 heterocycles. The fourth-order valence-electron chi connectivity index (χ4n) is 2.66. The number of hydrogen-bond acceptors (Lipinski definition) is 6. The van der Waals surface area contributed by atoms with Crippen molar-refractivity contribution >= 4 is 22.9 Å². The minimum Gasteiger partial charge on any atom is -0.367 e. The lowest BCUT2D eigenvalue weighted by Gasteiger charge is -2.32. The summed E-state index contributed by atoms with van der Waals surface area (Å²) in [5, 5.41) is 6.12. The van der Waals surface area contributed by atoms with Crippen LogP contribution in [0.15, 0.2) is 24.5 Å². The molecule has 1 aliphatic heterocycles. The molecule has 7 nitrogen and oxygen atoms in total. The van der Waals surface area contributed by atoms with Gasteiger partial charge in [-0.1, -0.05) is 0 Å². The highest BCUT2D eigenvalue weighted by atomic mass is 16.1. The van der Waals surface area contributed by atoms with Crippen LogP contribution in [0.4, 0.5) is 5.82 Å². The van der Waals surface area contributed by atoms with Crippen molar-refractivity contribution in [2.45, 2.75) is 18.9 Å². The summed E-state index contributed by atoms with van der Waals surface area (Å²) in [5.74, 6) is 0.902. The molecule has 1 saturated heterocycles. The molecule has 1 aliphatic rings. The third kappa shape index (κ3) is 3.48. The third-order valence-corrected chi connectivity index (χ3v) is 3.92. The van der Waals surface area contributed by atoms with E-state index in [1.54, 1.807) is 19.4 Å². The highest BCUT2D eigenvalue weighted by molar-refractivity contribution is 5.77. The van der Waals surface area contributed by atoms with Crippen LogP contribution in [0.3, 0.4) is 0 Å². The van der Waals surface area contributed by atoms with Crippen LogP contribution in [-0.4, -0.2) is 58.5 Å². The summed E-state index contributed by atoms with van der Waals surface area (Å²) >= 11 is 0. The summed E-state index contributed by atoms with van der Waals surface area (Å²) < 4.78 is 0. The molecule has 3 rings (SSSR count). The summed E-state index contributed by atoms with van der Waals surface area (Å²) in [5.41, 5.74) is 1.46. The van der Waals surface area contributed by atoms with E-state index in [9.17, 15) is 4.79 Å². The predicted octanol–water partition coefficient (Wildman–Crippen LogP) is 0.647. The summed E-state index contributed by atoms with van der Waals surface area (Å²) in [6.45, 7) is 2.31. The molecule has 7 heteroatoms. The van der Waals surface area contributed by atoms with Crippen LogP contribution in [0, 0.1) is 0 Å². The van der Waals surface area contributed by atoms with Gasteiger partial charge in [0.25, 0.3) is 0 Å². The van der Waals surface area contributed by atoms with Crippen LogP contribution in [0.25, 0.3) is 11.2 Å². The smallest absolute Gasteiger partial charge is 0.233 e. The van der Waals surface area contributed by atoms with Gasteiger partial charge in [0.15, 0.2) is 5.65 Å². The Kier molecular flexibility index (Phi) is 4.43. The van der Waals surface area contributed by atoms with Gasteiger partial charge >= 0.3 is 0 Å². The van der Waals surface area contributed by atoms with Gasteiger partial charge < -0.3 is 10.6 Å². The van der Waals surface area contributed by atoms with Crippen LogP contribution in [0.5, 0.6) is 0 Å². The number of carbonyl (C=O) groups excluding carboxylic acids is 1. The summed E-state index contributed by atoms with van der Waals surface area (Å²) in [6.07, 6.45) is 5.31. The Balaban J connectivity index is 1.56. The summed E-state index contributed by atoms with van der Waals surface area (Å²) in [7, 11) is 1.67. The lowest BCUT2D eigenvalue weighted by Crippen LogP contribution is -2.43. The van der Waals surface area contributed by atoms with Gasteiger partial charge in [-0.25, -0.2) is 9.97 Å². The molecular weight excluding hydrogens is 280 g/mol. The lowest BCUT2D eigenvalue weighted by atomic mass is 10.1. The van der Waals surface area contributed by atoms with Crippen molar-refractivity contribution in [2.75, 3.05) is 32.0 Å². The number of piperidine rings is 1. The van der Waals surface area contributed by atoms with Crippen molar-refractivity contribution in [1.82, 2.24) is 25.2 Å². The van der Waals surface area contributed by atoms with Crippen molar-refractivity contribution < 1.29 is 4.79 Å². The van der Waals surface area contributed by atoms with Crippen molar-refractivity contribution in [3.63, 3.8) is 0 Å². The van der Waals surface area contributed by atoms with E-state index >= 15 is 0 Å². The third-order valence-electron chi connectivity index (χ3n) is 3.92. The van der Waals surface area contributed by atoms with Crippen molar-refractivity contribution in [3.05, 3.63) is 24.5 Å². The number of amides is 1. The maximum absolute atomic E-state index is 11.4. The number of likely N-dealkylation sites (N-methyl/N-ethyl adjacent to an activating group) is 1. The van der Waals surface area contributed by atoms with Crippen LogP contribution in [0.2, 0.25) is 0 Å². The average molecular weight is 300 g/mol. The minimum absolute atomic E-state index is 0.0705. The largest absolute Gasteiger partial charge is 0.367 e. The number of nitrogens with zero attached hydrogens (tertiary/aromatic N) is 4. The molecule has 22 heavy (non-hydrogen) atoms. The first-order valence-corrected chi connectivity index (χ1v) is 7.52. The van der Waals surface area contributed by atoms with E-state index in [0.717, 1.165) is 37.3 Å². The molecule has 1 fully saturated rings. The van der Waals surface area contributed by atoms with Gasteiger partial charge in [0.2, 0.25) is 5.91 Å². The second-order valence-corrected chi connectivity index (χ2v) is 5.46. The SMILES string of the molecule is CNC(=O)CN1CCC(Nc2ccc3nccnc3n2)CC1. The highest BCUT2D eigenvalue weighted by Gasteiger charge is 2.20. The standard InChI is InChI=1S/C15H20N6O/c1-16-14(22)10-21-8-4-11(5-9-21)19-13-3-2-12-15(20-13)18-7-6-17-12/h2-3,6-7,11H,4-5,8-10H2,1H3,(H,16,22)(H,18,19,20). The first kappa shape index (κ1) is 14.6. The van der Waals surface area contributed by atoms with Crippen molar-refractivity contribution in [3.8, 4) is 0 Å². The van der Waals surface area contributed by atoms with Gasteiger partial charge in [0, 0.05) is 38.6 Å². The Labute approximate surface area is 129 Å². The zero-order valence-electron chi connectivity index (χ0n) is 12.6. The molecule has 2 aromatic rings. The number of rotatable bonds is 4. The molecule has 2 N–H and O–H groups in total. The van der Waals surface area contributed by atoms with Crippen LogP contribution in [0.1, 0.15) is 12.8 Å². The van der Waals surface area contributed by atoms with Gasteiger partial charge in [-0.05, 0) is 25.0 Å². The first-order valence-electron chi connectivity index (χ1n) is 7.52. The van der Waals surface area contributed by atoms with E-state index in [1.165, 1.54) is 0 Å². The first-order chi connectivity index (χ1) is 10.7. The maximum Gasteiger partial charge on any atom is 0.233 e. The number of hydrogen-bond donors (Lipinski definition) is 2. The molecule has 0 saturated carbocycles. The monoisotopic (exact) mass is 300 g/mol. The molecule has 0 aromatic carbocycles. The number of anilines is 1. The predicted molar refractivity (Wildman–Crippen MR) is 84.5 cm³/mol. The van der Waals surface area contributed by atoms with Crippen molar-refractivity contribution in [2.24, 2.45) is 0 Å². The zero-order valence-corrected chi connectivity index (χ0v) is 12.6. The molecule has 0 spiro atoms. The maximum atomic E-state index is 11.4. The van der Waals surface area contributed by atoms with E-state index in [2.05, 4.69) is 30.5 Å². The minimum atomic E-state index is 0.0705. The fraction of sp³-hybridized carbons (Fsp3) is 0.467. The number of likely N-dealkylation sites (tertiary alicyclic amines) is 1. The van der Waals surface area contributed by atoms with E-state index in [1.807, 2.05) is 12.1 Å². The van der Waals surface area contributed by atoms with Crippen LogP contribution >= 0.6 is 0 Å². The molecule has 0 atom stereocenters.